The van der Waals surface area contributed by atoms with Crippen LogP contribution in [0.2, 0.25) is 0 Å². The summed E-state index contributed by atoms with van der Waals surface area (Å²) in [5.74, 6) is 0.832. The normalized spacial score (nSPS) is 24.7. The van der Waals surface area contributed by atoms with E-state index < -0.39 is 0 Å². The van der Waals surface area contributed by atoms with Gasteiger partial charge < -0.3 is 10.6 Å². The molecule has 0 saturated heterocycles. The Morgan fingerprint density at radius 2 is 2.12 bits per heavy atom. The quantitative estimate of drug-likeness (QED) is 0.705. The lowest BCUT2D eigenvalue weighted by Crippen LogP contribution is -2.41. The van der Waals surface area contributed by atoms with Crippen LogP contribution in [-0.2, 0) is 4.79 Å². The first-order chi connectivity index (χ1) is 7.70. The number of unbranched alkanes of at least 4 members (excludes halogenated alkanes) is 2. The minimum atomic E-state index is 0.304. The van der Waals surface area contributed by atoms with Crippen LogP contribution in [0.3, 0.4) is 0 Å². The fraction of sp³-hybridized carbons (Fsp3) is 0.923. The fourth-order valence-electron chi connectivity index (χ4n) is 2.69. The van der Waals surface area contributed by atoms with Crippen molar-refractivity contribution in [2.75, 3.05) is 13.6 Å². The summed E-state index contributed by atoms with van der Waals surface area (Å²) < 4.78 is 0. The highest BCUT2D eigenvalue weighted by atomic mass is 16.2. The average molecular weight is 226 g/mol. The molecular weight excluding hydrogens is 200 g/mol. The van der Waals surface area contributed by atoms with E-state index in [-0.39, 0.29) is 0 Å². The van der Waals surface area contributed by atoms with E-state index in [1.165, 1.54) is 19.3 Å². The summed E-state index contributed by atoms with van der Waals surface area (Å²) in [7, 11) is 1.95. The highest BCUT2D eigenvalue weighted by Gasteiger charge is 2.31. The Morgan fingerprint density at radius 3 is 2.75 bits per heavy atom. The van der Waals surface area contributed by atoms with Crippen molar-refractivity contribution in [3.8, 4) is 0 Å². The summed E-state index contributed by atoms with van der Waals surface area (Å²) >= 11 is 0. The zero-order valence-electron chi connectivity index (χ0n) is 10.7. The Bertz CT molecular complexity index is 218. The molecule has 0 bridgehead atoms. The number of hydrogen-bond acceptors (Lipinski definition) is 2. The number of rotatable bonds is 6. The topological polar surface area (TPSA) is 46.3 Å². The van der Waals surface area contributed by atoms with Gasteiger partial charge in [0, 0.05) is 19.5 Å². The molecule has 3 heteroatoms. The molecule has 0 spiro atoms. The predicted octanol–water partition coefficient (Wildman–Crippen LogP) is 2.15. The minimum Gasteiger partial charge on any atom is -0.342 e. The Hall–Kier alpha value is -0.570. The van der Waals surface area contributed by atoms with Crippen molar-refractivity contribution in [2.45, 2.75) is 57.9 Å². The van der Waals surface area contributed by atoms with Gasteiger partial charge >= 0.3 is 0 Å². The molecule has 3 nitrogen and oxygen atoms in total. The van der Waals surface area contributed by atoms with Crippen LogP contribution < -0.4 is 5.73 Å². The molecule has 1 rings (SSSR count). The van der Waals surface area contributed by atoms with Gasteiger partial charge in [-0.1, -0.05) is 26.2 Å². The van der Waals surface area contributed by atoms with E-state index in [2.05, 4.69) is 6.92 Å². The summed E-state index contributed by atoms with van der Waals surface area (Å²) in [5, 5.41) is 0. The van der Waals surface area contributed by atoms with Gasteiger partial charge in [-0.3, -0.25) is 4.79 Å². The highest BCUT2D eigenvalue weighted by molar-refractivity contribution is 5.76. The first-order valence-corrected chi connectivity index (χ1v) is 6.66. The van der Waals surface area contributed by atoms with Crippen molar-refractivity contribution >= 4 is 5.91 Å². The summed E-state index contributed by atoms with van der Waals surface area (Å²) in [5.41, 5.74) is 5.75. The van der Waals surface area contributed by atoms with Crippen LogP contribution in [0.4, 0.5) is 0 Å². The summed E-state index contributed by atoms with van der Waals surface area (Å²) in [4.78, 5) is 13.9. The van der Waals surface area contributed by atoms with E-state index in [4.69, 9.17) is 5.73 Å². The first-order valence-electron chi connectivity index (χ1n) is 6.66. The standard InChI is InChI=1S/C13H26N2O/c1-3-4-5-9-13(16)15(2)12-8-6-7-11(12)10-14/h11-12H,3-10,14H2,1-2H3. The van der Waals surface area contributed by atoms with Gasteiger partial charge in [0.15, 0.2) is 0 Å². The lowest BCUT2D eigenvalue weighted by atomic mass is 10.0. The summed E-state index contributed by atoms with van der Waals surface area (Å²) in [6.07, 6.45) is 7.61. The third kappa shape index (κ3) is 3.48. The van der Waals surface area contributed by atoms with Crippen molar-refractivity contribution in [3.63, 3.8) is 0 Å². The molecule has 2 N–H and O–H groups in total. The maximum atomic E-state index is 12.0. The molecule has 0 aromatic rings. The molecule has 2 atom stereocenters. The molecule has 0 aliphatic heterocycles. The molecule has 1 aliphatic rings. The van der Waals surface area contributed by atoms with Crippen molar-refractivity contribution in [2.24, 2.45) is 11.7 Å². The van der Waals surface area contributed by atoms with Gasteiger partial charge in [-0.25, -0.2) is 0 Å². The number of amides is 1. The van der Waals surface area contributed by atoms with Crippen molar-refractivity contribution in [1.29, 1.82) is 0 Å². The molecule has 1 saturated carbocycles. The second-order valence-electron chi connectivity index (χ2n) is 4.96. The molecule has 1 aliphatic carbocycles. The number of carbonyl (C=O) groups excluding carboxylic acids is 1. The molecule has 0 aromatic heterocycles. The van der Waals surface area contributed by atoms with Crippen LogP contribution in [0.25, 0.3) is 0 Å². The van der Waals surface area contributed by atoms with Gasteiger partial charge in [0.1, 0.15) is 0 Å². The predicted molar refractivity (Wildman–Crippen MR) is 67.1 cm³/mol. The molecule has 0 aromatic carbocycles. The molecular formula is C13H26N2O. The third-order valence-electron chi connectivity index (χ3n) is 3.81. The van der Waals surface area contributed by atoms with Gasteiger partial charge in [0.2, 0.25) is 5.91 Å². The van der Waals surface area contributed by atoms with Crippen LogP contribution in [-0.4, -0.2) is 30.4 Å². The minimum absolute atomic E-state index is 0.304. The zero-order chi connectivity index (χ0) is 12.0. The summed E-state index contributed by atoms with van der Waals surface area (Å²) in [6.45, 7) is 2.88. The van der Waals surface area contributed by atoms with Crippen molar-refractivity contribution in [1.82, 2.24) is 4.90 Å². The van der Waals surface area contributed by atoms with Crippen LogP contribution in [0.1, 0.15) is 51.9 Å². The van der Waals surface area contributed by atoms with Gasteiger partial charge in [0.05, 0.1) is 0 Å². The first kappa shape index (κ1) is 13.5. The lowest BCUT2D eigenvalue weighted by molar-refractivity contribution is -0.132. The fourth-order valence-corrected chi connectivity index (χ4v) is 2.69. The van der Waals surface area contributed by atoms with E-state index in [0.717, 1.165) is 25.8 Å². The van der Waals surface area contributed by atoms with Crippen LogP contribution in [0.5, 0.6) is 0 Å². The van der Waals surface area contributed by atoms with E-state index >= 15 is 0 Å². The molecule has 1 amide bonds. The highest BCUT2D eigenvalue weighted by Crippen LogP contribution is 2.28. The SMILES string of the molecule is CCCCCC(=O)N(C)C1CCCC1CN. The molecule has 94 valence electrons. The third-order valence-corrected chi connectivity index (χ3v) is 3.81. The van der Waals surface area contributed by atoms with Gasteiger partial charge in [-0.05, 0) is 31.7 Å². The molecule has 1 fully saturated rings. The van der Waals surface area contributed by atoms with Crippen molar-refractivity contribution in [3.05, 3.63) is 0 Å². The van der Waals surface area contributed by atoms with Crippen LogP contribution in [0.15, 0.2) is 0 Å². The van der Waals surface area contributed by atoms with Crippen LogP contribution in [0, 0.1) is 5.92 Å². The lowest BCUT2D eigenvalue weighted by Gasteiger charge is -2.29. The van der Waals surface area contributed by atoms with E-state index in [0.29, 0.717) is 24.3 Å². The van der Waals surface area contributed by atoms with E-state index in [9.17, 15) is 4.79 Å². The Balaban J connectivity index is 2.37. The largest absolute Gasteiger partial charge is 0.342 e. The molecule has 16 heavy (non-hydrogen) atoms. The Labute approximate surface area is 99.4 Å². The number of nitrogens with zero attached hydrogens (tertiary/aromatic N) is 1. The second-order valence-corrected chi connectivity index (χ2v) is 4.96. The van der Waals surface area contributed by atoms with E-state index in [1.54, 1.807) is 0 Å². The maximum absolute atomic E-state index is 12.0. The smallest absolute Gasteiger partial charge is 0.222 e. The van der Waals surface area contributed by atoms with E-state index in [1.807, 2.05) is 11.9 Å². The maximum Gasteiger partial charge on any atom is 0.222 e. The van der Waals surface area contributed by atoms with Crippen molar-refractivity contribution < 1.29 is 4.79 Å². The molecule has 0 heterocycles. The Morgan fingerprint density at radius 1 is 1.38 bits per heavy atom. The van der Waals surface area contributed by atoms with Gasteiger partial charge in [0.25, 0.3) is 0 Å². The molecule has 0 radical (unpaired) electrons. The van der Waals surface area contributed by atoms with Gasteiger partial charge in [-0.15, -0.1) is 0 Å². The number of nitrogens with two attached hydrogens (primary N) is 1. The summed E-state index contributed by atoms with van der Waals surface area (Å²) in [6, 6.07) is 0.402. The monoisotopic (exact) mass is 226 g/mol. The van der Waals surface area contributed by atoms with Crippen LogP contribution >= 0.6 is 0 Å². The van der Waals surface area contributed by atoms with Gasteiger partial charge in [-0.2, -0.15) is 0 Å². The average Bonchev–Trinajstić information content (AvgIpc) is 2.76. The molecule has 2 unspecified atom stereocenters. The Kier molecular flexibility index (Phi) is 5.81. The number of carbonyl (C=O) groups is 1. The number of hydrogen-bond donors (Lipinski definition) is 1. The zero-order valence-corrected chi connectivity index (χ0v) is 10.7. The second kappa shape index (κ2) is 6.89.